The summed E-state index contributed by atoms with van der Waals surface area (Å²) in [6.45, 7) is 7.81. The van der Waals surface area contributed by atoms with Crippen molar-refractivity contribution in [3.63, 3.8) is 0 Å². The molecule has 3 rings (SSSR count). The van der Waals surface area contributed by atoms with E-state index in [2.05, 4.69) is 16.8 Å². The summed E-state index contributed by atoms with van der Waals surface area (Å²) in [4.78, 5) is 13.0. The molecule has 0 bridgehead atoms. The number of carbonyl (C=O) groups is 1. The summed E-state index contributed by atoms with van der Waals surface area (Å²) in [5.74, 6) is -0.261. The number of nitrogens with one attached hydrogen (secondary N) is 1. The fourth-order valence-electron chi connectivity index (χ4n) is 4.67. The highest BCUT2D eigenvalue weighted by atomic mass is 32.2. The largest absolute Gasteiger partial charge is 0.383 e. The van der Waals surface area contributed by atoms with Crippen LogP contribution in [-0.2, 0) is 19.6 Å². The van der Waals surface area contributed by atoms with Gasteiger partial charge in [0.05, 0.1) is 17.5 Å². The van der Waals surface area contributed by atoms with Crippen LogP contribution in [-0.4, -0.2) is 56.5 Å². The lowest BCUT2D eigenvalue weighted by atomic mass is 9.98. The van der Waals surface area contributed by atoms with Gasteiger partial charge >= 0.3 is 0 Å². The third kappa shape index (κ3) is 6.20. The van der Waals surface area contributed by atoms with Crippen LogP contribution in [0.4, 0.5) is 0 Å². The van der Waals surface area contributed by atoms with Crippen molar-refractivity contribution >= 4 is 22.0 Å². The number of nitrogens with zero attached hydrogens (tertiary/aromatic N) is 3. The van der Waals surface area contributed by atoms with Gasteiger partial charge in [-0.25, -0.2) is 8.42 Å². The number of benzene rings is 1. The number of hydrogen-bond donors (Lipinski definition) is 1. The second kappa shape index (κ2) is 11.7. The predicted octanol–water partition coefficient (Wildman–Crippen LogP) is 3.44. The number of piperidine rings is 1. The monoisotopic (exact) mass is 498 g/mol. The van der Waals surface area contributed by atoms with Crippen molar-refractivity contribution in [2.75, 3.05) is 33.4 Å². The van der Waals surface area contributed by atoms with E-state index >= 15 is 0 Å². The van der Waals surface area contributed by atoms with Crippen LogP contribution in [0.5, 0.6) is 0 Å². The van der Waals surface area contributed by atoms with Crippen LogP contribution in [0.1, 0.15) is 42.8 Å². The van der Waals surface area contributed by atoms with Gasteiger partial charge in [0.25, 0.3) is 5.91 Å². The number of amides is 1. The molecule has 1 aromatic carbocycles. The Labute approximate surface area is 208 Å². The second-order valence-electron chi connectivity index (χ2n) is 9.04. The average Bonchev–Trinajstić information content (AvgIpc) is 3.14. The summed E-state index contributed by atoms with van der Waals surface area (Å²) in [6.07, 6.45) is 2.93. The minimum Gasteiger partial charge on any atom is -0.383 e. The molecule has 1 aliphatic rings. The molecule has 1 saturated heterocycles. The molecule has 0 spiro atoms. The molecule has 8 nitrogen and oxygen atoms in total. The van der Waals surface area contributed by atoms with Gasteiger partial charge in [-0.15, -0.1) is 0 Å². The second-order valence-corrected chi connectivity index (χ2v) is 11.0. The van der Waals surface area contributed by atoms with E-state index in [1.807, 2.05) is 26.0 Å². The minimum absolute atomic E-state index is 0.0498. The Balaban J connectivity index is 1.59. The van der Waals surface area contributed by atoms with E-state index in [-0.39, 0.29) is 17.5 Å². The number of ether oxygens (including phenoxy) is 1. The lowest BCUT2D eigenvalue weighted by Gasteiger charge is -2.31. The summed E-state index contributed by atoms with van der Waals surface area (Å²) in [7, 11) is -1.84. The Kier molecular flexibility index (Phi) is 8.89. The number of carbonyl (C=O) groups excluding carboxylic acids is 1. The van der Waals surface area contributed by atoms with Crippen LogP contribution in [0.15, 0.2) is 46.9 Å². The Morgan fingerprint density at radius 2 is 1.91 bits per heavy atom. The molecule has 1 N–H and O–H groups in total. The average molecular weight is 499 g/mol. The third-order valence-corrected chi connectivity index (χ3v) is 8.46. The Bertz CT molecular complexity index is 1200. The topological polar surface area (TPSA) is 104 Å². The standard InChI is InChI=1S/C26H34N4O4S/c1-19-14-23(21(3)30(19)20(2)18-34-4)15-24(16-27)26(31)28-17-22-10-12-29(13-11-22)35(32,33)25-8-6-5-7-9-25/h5-9,14-15,20,22H,10-13,17-18H2,1-4H3,(H,28,31)/b24-15-. The van der Waals surface area contributed by atoms with Crippen LogP contribution < -0.4 is 5.32 Å². The zero-order valence-electron chi connectivity index (χ0n) is 20.8. The van der Waals surface area contributed by atoms with Crippen molar-refractivity contribution in [3.05, 3.63) is 58.9 Å². The number of hydrogen-bond acceptors (Lipinski definition) is 5. The van der Waals surface area contributed by atoms with Gasteiger partial charge in [0.2, 0.25) is 10.0 Å². The van der Waals surface area contributed by atoms with E-state index in [0.717, 1.165) is 17.0 Å². The molecular formula is C26H34N4O4S. The van der Waals surface area contributed by atoms with Crippen LogP contribution >= 0.6 is 0 Å². The molecular weight excluding hydrogens is 464 g/mol. The lowest BCUT2D eigenvalue weighted by molar-refractivity contribution is -0.117. The quantitative estimate of drug-likeness (QED) is 0.421. The molecule has 2 aromatic rings. The zero-order chi connectivity index (χ0) is 25.6. The molecule has 1 fully saturated rings. The first kappa shape index (κ1) is 26.7. The molecule has 1 atom stereocenters. The fraction of sp³-hybridized carbons (Fsp3) is 0.462. The van der Waals surface area contributed by atoms with Gasteiger partial charge in [0, 0.05) is 38.1 Å². The van der Waals surface area contributed by atoms with E-state index in [1.165, 1.54) is 4.31 Å². The first-order valence-corrected chi connectivity index (χ1v) is 13.3. The van der Waals surface area contributed by atoms with E-state index in [1.54, 1.807) is 43.5 Å². The summed E-state index contributed by atoms with van der Waals surface area (Å²) in [5.41, 5.74) is 2.89. The van der Waals surface area contributed by atoms with Crippen LogP contribution in [0.3, 0.4) is 0 Å². The van der Waals surface area contributed by atoms with Crippen molar-refractivity contribution in [1.82, 2.24) is 14.2 Å². The first-order chi connectivity index (χ1) is 16.7. The third-order valence-electron chi connectivity index (χ3n) is 6.54. The number of sulfonamides is 1. The van der Waals surface area contributed by atoms with Gasteiger partial charge < -0.3 is 14.6 Å². The molecule has 0 saturated carbocycles. The highest BCUT2D eigenvalue weighted by molar-refractivity contribution is 7.89. The molecule has 1 amide bonds. The highest BCUT2D eigenvalue weighted by Crippen LogP contribution is 2.24. The van der Waals surface area contributed by atoms with Gasteiger partial charge in [0.15, 0.2) is 0 Å². The Morgan fingerprint density at radius 1 is 1.26 bits per heavy atom. The predicted molar refractivity (Wildman–Crippen MR) is 135 cm³/mol. The molecule has 2 heterocycles. The summed E-state index contributed by atoms with van der Waals surface area (Å²) >= 11 is 0. The van der Waals surface area contributed by atoms with Gasteiger partial charge in [-0.05, 0) is 69.4 Å². The Morgan fingerprint density at radius 3 is 2.51 bits per heavy atom. The van der Waals surface area contributed by atoms with Crippen LogP contribution in [0.25, 0.3) is 6.08 Å². The Hall–Kier alpha value is -2.93. The summed E-state index contributed by atoms with van der Waals surface area (Å²) in [6, 6.07) is 12.6. The lowest BCUT2D eigenvalue weighted by Crippen LogP contribution is -2.41. The van der Waals surface area contributed by atoms with Crippen molar-refractivity contribution in [2.45, 2.75) is 44.6 Å². The fourth-order valence-corrected chi connectivity index (χ4v) is 6.17. The molecule has 35 heavy (non-hydrogen) atoms. The van der Waals surface area contributed by atoms with Crippen LogP contribution in [0.2, 0.25) is 0 Å². The zero-order valence-corrected chi connectivity index (χ0v) is 21.6. The maximum absolute atomic E-state index is 12.8. The number of nitriles is 1. The van der Waals surface area contributed by atoms with E-state index < -0.39 is 15.9 Å². The number of aryl methyl sites for hydroxylation is 1. The molecule has 0 radical (unpaired) electrons. The smallest absolute Gasteiger partial charge is 0.261 e. The van der Waals surface area contributed by atoms with Crippen LogP contribution in [0, 0.1) is 31.1 Å². The first-order valence-electron chi connectivity index (χ1n) is 11.8. The molecule has 1 unspecified atom stereocenters. The maximum atomic E-state index is 12.8. The van der Waals surface area contributed by atoms with Gasteiger partial charge in [-0.1, -0.05) is 18.2 Å². The van der Waals surface area contributed by atoms with Crippen molar-refractivity contribution in [1.29, 1.82) is 5.26 Å². The number of aromatic nitrogens is 1. The maximum Gasteiger partial charge on any atom is 0.261 e. The van der Waals surface area contributed by atoms with E-state index in [0.29, 0.717) is 44.0 Å². The van der Waals surface area contributed by atoms with Crippen molar-refractivity contribution in [2.24, 2.45) is 5.92 Å². The molecule has 1 aromatic heterocycles. The van der Waals surface area contributed by atoms with Crippen molar-refractivity contribution < 1.29 is 17.9 Å². The SMILES string of the molecule is COCC(C)n1c(C)cc(/C=C(/C#N)C(=O)NCC2CCN(S(=O)(=O)c3ccccc3)CC2)c1C. The number of methoxy groups -OCH3 is 1. The summed E-state index contributed by atoms with van der Waals surface area (Å²) < 4.78 is 34.5. The van der Waals surface area contributed by atoms with Gasteiger partial charge in [-0.2, -0.15) is 9.57 Å². The number of rotatable bonds is 9. The molecule has 9 heteroatoms. The minimum atomic E-state index is -3.50. The molecule has 188 valence electrons. The van der Waals surface area contributed by atoms with E-state index in [9.17, 15) is 18.5 Å². The van der Waals surface area contributed by atoms with Crippen molar-refractivity contribution in [3.8, 4) is 6.07 Å². The molecule has 1 aliphatic heterocycles. The van der Waals surface area contributed by atoms with Gasteiger partial charge in [-0.3, -0.25) is 4.79 Å². The normalized spacial score (nSPS) is 16.6. The van der Waals surface area contributed by atoms with Gasteiger partial charge in [0.1, 0.15) is 11.6 Å². The highest BCUT2D eigenvalue weighted by Gasteiger charge is 2.29. The molecule has 0 aliphatic carbocycles. The van der Waals surface area contributed by atoms with E-state index in [4.69, 9.17) is 4.74 Å². The summed E-state index contributed by atoms with van der Waals surface area (Å²) in [5, 5.41) is 12.5.